The lowest BCUT2D eigenvalue weighted by atomic mass is 10.0. The second-order valence-corrected chi connectivity index (χ2v) is 6.57. The lowest BCUT2D eigenvalue weighted by molar-refractivity contribution is -0.114. The summed E-state index contributed by atoms with van der Waals surface area (Å²) in [7, 11) is 0. The fourth-order valence-corrected chi connectivity index (χ4v) is 2.58. The molecule has 2 aromatic carbocycles. The highest BCUT2D eigenvalue weighted by Crippen LogP contribution is 2.22. The molecule has 27 heavy (non-hydrogen) atoms. The Kier molecular flexibility index (Phi) is 5.66. The molecule has 0 aliphatic rings. The van der Waals surface area contributed by atoms with E-state index < -0.39 is 0 Å². The van der Waals surface area contributed by atoms with Crippen molar-refractivity contribution in [2.45, 2.75) is 26.7 Å². The van der Waals surface area contributed by atoms with Crippen LogP contribution in [-0.4, -0.2) is 15.9 Å². The van der Waals surface area contributed by atoms with E-state index in [4.69, 9.17) is 0 Å². The topological polar surface area (TPSA) is 78.9 Å². The summed E-state index contributed by atoms with van der Waals surface area (Å²) in [5.41, 5.74) is 3.90. The first kappa shape index (κ1) is 18.4. The van der Waals surface area contributed by atoms with Gasteiger partial charge in [0, 0.05) is 30.1 Å². The van der Waals surface area contributed by atoms with E-state index in [0.29, 0.717) is 17.6 Å². The predicted octanol–water partition coefficient (Wildman–Crippen LogP) is 5.05. The number of hydrogen-bond donors (Lipinski definition) is 3. The summed E-state index contributed by atoms with van der Waals surface area (Å²) >= 11 is 0. The van der Waals surface area contributed by atoms with Gasteiger partial charge < -0.3 is 16.0 Å². The highest BCUT2D eigenvalue weighted by Gasteiger charge is 2.03. The molecule has 0 aliphatic carbocycles. The van der Waals surface area contributed by atoms with Crippen LogP contribution in [0, 0.1) is 0 Å². The first-order valence-electron chi connectivity index (χ1n) is 8.83. The predicted molar refractivity (Wildman–Crippen MR) is 110 cm³/mol. The van der Waals surface area contributed by atoms with Gasteiger partial charge in [-0.05, 0) is 47.9 Å². The zero-order chi connectivity index (χ0) is 19.2. The van der Waals surface area contributed by atoms with Crippen molar-refractivity contribution in [1.29, 1.82) is 0 Å². The smallest absolute Gasteiger partial charge is 0.221 e. The third kappa shape index (κ3) is 5.28. The molecule has 1 aromatic heterocycles. The lowest BCUT2D eigenvalue weighted by Crippen LogP contribution is -2.05. The molecule has 0 saturated heterocycles. The van der Waals surface area contributed by atoms with Crippen LogP contribution >= 0.6 is 0 Å². The minimum absolute atomic E-state index is 0.0938. The number of rotatable bonds is 6. The van der Waals surface area contributed by atoms with Gasteiger partial charge in [0.2, 0.25) is 5.91 Å². The van der Waals surface area contributed by atoms with Gasteiger partial charge in [0.05, 0.1) is 0 Å². The maximum Gasteiger partial charge on any atom is 0.221 e. The quantitative estimate of drug-likeness (QED) is 0.573. The van der Waals surface area contributed by atoms with Gasteiger partial charge in [-0.15, -0.1) is 0 Å². The van der Waals surface area contributed by atoms with Crippen LogP contribution in [0.1, 0.15) is 32.3 Å². The van der Waals surface area contributed by atoms with Crippen LogP contribution in [0.15, 0.2) is 60.9 Å². The first-order valence-corrected chi connectivity index (χ1v) is 8.83. The molecule has 0 spiro atoms. The van der Waals surface area contributed by atoms with Crippen molar-refractivity contribution >= 4 is 34.6 Å². The van der Waals surface area contributed by atoms with E-state index in [1.54, 1.807) is 0 Å². The van der Waals surface area contributed by atoms with Gasteiger partial charge in [0.1, 0.15) is 18.0 Å². The summed E-state index contributed by atoms with van der Waals surface area (Å²) in [6, 6.07) is 17.6. The molecule has 3 rings (SSSR count). The van der Waals surface area contributed by atoms with E-state index in [1.807, 2.05) is 42.5 Å². The summed E-state index contributed by atoms with van der Waals surface area (Å²) in [6.45, 7) is 5.83. The number of anilines is 5. The highest BCUT2D eigenvalue weighted by atomic mass is 16.1. The number of benzene rings is 2. The lowest BCUT2D eigenvalue weighted by Gasteiger charge is -2.10. The van der Waals surface area contributed by atoms with E-state index in [0.717, 1.165) is 17.1 Å². The Morgan fingerprint density at radius 2 is 1.30 bits per heavy atom. The fraction of sp³-hybridized carbons (Fsp3) is 0.190. The first-order chi connectivity index (χ1) is 13.0. The third-order valence-corrected chi connectivity index (χ3v) is 3.99. The summed E-state index contributed by atoms with van der Waals surface area (Å²) in [4.78, 5) is 19.6. The number of carbonyl (C=O) groups excluding carboxylic acids is 1. The molecule has 0 bridgehead atoms. The fourth-order valence-electron chi connectivity index (χ4n) is 2.58. The number of hydrogen-bond acceptors (Lipinski definition) is 5. The Morgan fingerprint density at radius 3 is 1.78 bits per heavy atom. The summed E-state index contributed by atoms with van der Waals surface area (Å²) in [6.07, 6.45) is 1.51. The summed E-state index contributed by atoms with van der Waals surface area (Å²) in [5.74, 6) is 1.80. The second-order valence-electron chi connectivity index (χ2n) is 6.57. The molecule has 1 amide bonds. The molecule has 6 nitrogen and oxygen atoms in total. The molecule has 0 saturated carbocycles. The Morgan fingerprint density at radius 1 is 0.815 bits per heavy atom. The number of aromatic nitrogens is 2. The molecular formula is C21H23N5O. The van der Waals surface area contributed by atoms with Crippen LogP contribution in [0.25, 0.3) is 0 Å². The van der Waals surface area contributed by atoms with Crippen molar-refractivity contribution in [3.63, 3.8) is 0 Å². The van der Waals surface area contributed by atoms with E-state index in [2.05, 4.69) is 51.9 Å². The minimum atomic E-state index is -0.0938. The van der Waals surface area contributed by atoms with Gasteiger partial charge in [-0.1, -0.05) is 26.0 Å². The Bertz CT molecular complexity index is 905. The summed E-state index contributed by atoms with van der Waals surface area (Å²) < 4.78 is 0. The normalized spacial score (nSPS) is 10.5. The molecule has 0 fully saturated rings. The monoisotopic (exact) mass is 361 g/mol. The maximum absolute atomic E-state index is 11.1. The van der Waals surface area contributed by atoms with E-state index in [9.17, 15) is 4.79 Å². The van der Waals surface area contributed by atoms with Crippen LogP contribution in [0.3, 0.4) is 0 Å². The van der Waals surface area contributed by atoms with Crippen LogP contribution in [0.5, 0.6) is 0 Å². The molecule has 3 aromatic rings. The van der Waals surface area contributed by atoms with Crippen molar-refractivity contribution in [3.05, 3.63) is 66.5 Å². The molecule has 6 heteroatoms. The van der Waals surface area contributed by atoms with E-state index in [1.165, 1.54) is 18.8 Å². The van der Waals surface area contributed by atoms with Crippen LogP contribution in [0.2, 0.25) is 0 Å². The van der Waals surface area contributed by atoms with Gasteiger partial charge >= 0.3 is 0 Å². The van der Waals surface area contributed by atoms with Gasteiger partial charge in [0.15, 0.2) is 0 Å². The van der Waals surface area contributed by atoms with Crippen molar-refractivity contribution in [1.82, 2.24) is 9.97 Å². The Labute approximate surface area is 159 Å². The van der Waals surface area contributed by atoms with Gasteiger partial charge in [-0.25, -0.2) is 9.97 Å². The number of nitrogens with zero attached hydrogens (tertiary/aromatic N) is 2. The zero-order valence-corrected chi connectivity index (χ0v) is 15.7. The number of amides is 1. The molecular weight excluding hydrogens is 338 g/mol. The van der Waals surface area contributed by atoms with Gasteiger partial charge in [0.25, 0.3) is 0 Å². The zero-order valence-electron chi connectivity index (χ0n) is 15.7. The second kappa shape index (κ2) is 8.31. The van der Waals surface area contributed by atoms with Gasteiger partial charge in [-0.2, -0.15) is 0 Å². The summed E-state index contributed by atoms with van der Waals surface area (Å²) in [5, 5.41) is 9.26. The van der Waals surface area contributed by atoms with Crippen LogP contribution in [0.4, 0.5) is 28.7 Å². The van der Waals surface area contributed by atoms with Crippen LogP contribution < -0.4 is 16.0 Å². The molecule has 0 atom stereocenters. The van der Waals surface area contributed by atoms with Crippen molar-refractivity contribution < 1.29 is 4.79 Å². The van der Waals surface area contributed by atoms with Crippen LogP contribution in [-0.2, 0) is 4.79 Å². The number of nitrogens with one attached hydrogen (secondary N) is 3. The molecule has 138 valence electrons. The Hall–Kier alpha value is -3.41. The van der Waals surface area contributed by atoms with Crippen molar-refractivity contribution in [2.75, 3.05) is 16.0 Å². The van der Waals surface area contributed by atoms with E-state index >= 15 is 0 Å². The largest absolute Gasteiger partial charge is 0.340 e. The number of carbonyl (C=O) groups is 1. The highest BCUT2D eigenvalue weighted by molar-refractivity contribution is 5.88. The average Bonchev–Trinajstić information content (AvgIpc) is 2.64. The standard InChI is InChI=1S/C21H23N5O/c1-14(2)16-4-6-18(7-5-16)25-20-12-21(23-13-22-20)26-19-10-8-17(9-11-19)24-15(3)27/h4-14H,1-3H3,(H,24,27)(H2,22,23,25,26). The minimum Gasteiger partial charge on any atom is -0.340 e. The molecule has 0 aliphatic heterocycles. The molecule has 0 unspecified atom stereocenters. The maximum atomic E-state index is 11.1. The third-order valence-electron chi connectivity index (χ3n) is 3.99. The SMILES string of the molecule is CC(=O)Nc1ccc(Nc2cc(Nc3ccc(C(C)C)cc3)ncn2)cc1. The van der Waals surface area contributed by atoms with Crippen molar-refractivity contribution in [2.24, 2.45) is 0 Å². The molecule has 3 N–H and O–H groups in total. The Balaban J connectivity index is 1.67. The average molecular weight is 361 g/mol. The van der Waals surface area contributed by atoms with E-state index in [-0.39, 0.29) is 5.91 Å². The van der Waals surface area contributed by atoms with Crippen molar-refractivity contribution in [3.8, 4) is 0 Å². The molecule has 0 radical (unpaired) electrons. The molecule has 1 heterocycles. The van der Waals surface area contributed by atoms with Gasteiger partial charge in [-0.3, -0.25) is 4.79 Å².